The first-order valence-corrected chi connectivity index (χ1v) is 7.07. The van der Waals surface area contributed by atoms with Crippen molar-refractivity contribution in [1.29, 1.82) is 0 Å². The van der Waals surface area contributed by atoms with Gasteiger partial charge in [-0.25, -0.2) is 0 Å². The number of hydrogen-bond donors (Lipinski definition) is 3. The zero-order valence-electron chi connectivity index (χ0n) is 10.3. The Kier molecular flexibility index (Phi) is 3.78. The van der Waals surface area contributed by atoms with Gasteiger partial charge >= 0.3 is 0 Å². The minimum absolute atomic E-state index is 0.146. The van der Waals surface area contributed by atoms with Crippen LogP contribution in [0.2, 0.25) is 0 Å². The monoisotopic (exact) mass is 292 g/mol. The maximum absolute atomic E-state index is 11.0. The Bertz CT molecular complexity index is 746. The molecule has 0 saturated carbocycles. The normalized spacial score (nSPS) is 11.8. The molecule has 0 unspecified atom stereocenters. The highest BCUT2D eigenvalue weighted by Crippen LogP contribution is 2.21. The molecule has 3 N–H and O–H groups in total. The van der Waals surface area contributed by atoms with E-state index in [9.17, 15) is 13.5 Å². The van der Waals surface area contributed by atoms with Gasteiger partial charge in [-0.2, -0.15) is 8.42 Å². The lowest BCUT2D eigenvalue weighted by Crippen LogP contribution is -1.97. The minimum atomic E-state index is -4.36. The van der Waals surface area contributed by atoms with E-state index < -0.39 is 10.1 Å². The third-order valence-electron chi connectivity index (χ3n) is 2.57. The zero-order valence-corrected chi connectivity index (χ0v) is 11.1. The van der Waals surface area contributed by atoms with Crippen molar-refractivity contribution in [2.75, 3.05) is 0 Å². The quantitative estimate of drug-likeness (QED) is 0.597. The Labute approximate surface area is 116 Å². The molecule has 0 atom stereocenters. The van der Waals surface area contributed by atoms with Crippen LogP contribution < -0.4 is 0 Å². The zero-order chi connectivity index (χ0) is 14.8. The van der Waals surface area contributed by atoms with E-state index in [4.69, 9.17) is 9.66 Å². The van der Waals surface area contributed by atoms with Gasteiger partial charge in [0.25, 0.3) is 10.1 Å². The van der Waals surface area contributed by atoms with Gasteiger partial charge in [0, 0.05) is 6.07 Å². The number of phenols is 2. The molecule has 2 aromatic rings. The van der Waals surface area contributed by atoms with Crippen LogP contribution in [0.1, 0.15) is 11.1 Å². The molecular weight excluding hydrogens is 280 g/mol. The van der Waals surface area contributed by atoms with Crippen LogP contribution >= 0.6 is 0 Å². The van der Waals surface area contributed by atoms with E-state index in [0.717, 1.165) is 11.6 Å². The second-order valence-electron chi connectivity index (χ2n) is 4.16. The van der Waals surface area contributed by atoms with Crippen LogP contribution in [0.5, 0.6) is 11.5 Å². The summed E-state index contributed by atoms with van der Waals surface area (Å²) < 4.78 is 31.0. The first-order chi connectivity index (χ1) is 9.34. The largest absolute Gasteiger partial charge is 0.508 e. The topological polar surface area (TPSA) is 94.8 Å². The fourth-order valence-electron chi connectivity index (χ4n) is 1.63. The summed E-state index contributed by atoms with van der Waals surface area (Å²) in [5.74, 6) is -0.112. The lowest BCUT2D eigenvalue weighted by molar-refractivity contribution is 0.466. The van der Waals surface area contributed by atoms with Gasteiger partial charge in [-0.3, -0.25) is 4.55 Å². The van der Waals surface area contributed by atoms with Crippen LogP contribution in [0.25, 0.3) is 12.2 Å². The van der Waals surface area contributed by atoms with Gasteiger partial charge in [-0.1, -0.05) is 24.3 Å². The molecule has 5 nitrogen and oxygen atoms in total. The van der Waals surface area contributed by atoms with Gasteiger partial charge in [0.05, 0.1) is 4.90 Å². The number of hydrogen-bond acceptors (Lipinski definition) is 4. The summed E-state index contributed by atoms with van der Waals surface area (Å²) >= 11 is 0. The molecule has 0 saturated heterocycles. The van der Waals surface area contributed by atoms with Crippen LogP contribution in [0.4, 0.5) is 0 Å². The molecule has 0 fully saturated rings. The summed E-state index contributed by atoms with van der Waals surface area (Å²) in [6.45, 7) is 0. The third-order valence-corrected chi connectivity index (χ3v) is 3.40. The smallest absolute Gasteiger partial charge is 0.294 e. The summed E-state index contributed by atoms with van der Waals surface area (Å²) in [7, 11) is -4.36. The molecule has 0 bridgehead atoms. The molecule has 0 aliphatic heterocycles. The van der Waals surface area contributed by atoms with Crippen molar-refractivity contribution in [2.45, 2.75) is 4.90 Å². The molecule has 0 amide bonds. The van der Waals surface area contributed by atoms with Crippen molar-refractivity contribution in [3.63, 3.8) is 0 Å². The van der Waals surface area contributed by atoms with E-state index in [1.54, 1.807) is 24.3 Å². The maximum Gasteiger partial charge on any atom is 0.294 e. The predicted octanol–water partition coefficient (Wildman–Crippen LogP) is 2.51. The molecule has 2 rings (SSSR count). The van der Waals surface area contributed by atoms with Crippen LogP contribution in [0.3, 0.4) is 0 Å². The fraction of sp³-hybridized carbons (Fsp3) is 0. The van der Waals surface area contributed by atoms with E-state index in [0.29, 0.717) is 5.56 Å². The first kappa shape index (κ1) is 14.1. The molecule has 104 valence electrons. The van der Waals surface area contributed by atoms with Gasteiger partial charge in [0.1, 0.15) is 11.5 Å². The van der Waals surface area contributed by atoms with Crippen LogP contribution in [-0.2, 0) is 10.1 Å². The molecule has 6 heteroatoms. The predicted molar refractivity (Wildman–Crippen MR) is 75.0 cm³/mol. The third kappa shape index (κ3) is 3.59. The SMILES string of the molecule is O=S(=O)(O)c1cc(O)cc(C=Cc2ccc(O)cc2)c1. The van der Waals surface area contributed by atoms with Crippen molar-refractivity contribution in [1.82, 2.24) is 0 Å². The lowest BCUT2D eigenvalue weighted by Gasteiger charge is -2.01. The van der Waals surface area contributed by atoms with Gasteiger partial charge in [-0.15, -0.1) is 0 Å². The van der Waals surface area contributed by atoms with Crippen molar-refractivity contribution in [3.8, 4) is 11.5 Å². The molecule has 0 aromatic heterocycles. The van der Waals surface area contributed by atoms with Crippen molar-refractivity contribution in [2.24, 2.45) is 0 Å². The Morgan fingerprint density at radius 2 is 1.40 bits per heavy atom. The van der Waals surface area contributed by atoms with E-state index in [-0.39, 0.29) is 16.4 Å². The van der Waals surface area contributed by atoms with E-state index in [2.05, 4.69) is 0 Å². The number of rotatable bonds is 3. The summed E-state index contributed by atoms with van der Waals surface area (Å²) in [6.07, 6.45) is 3.27. The van der Waals surface area contributed by atoms with Crippen molar-refractivity contribution < 1.29 is 23.2 Å². The summed E-state index contributed by atoms with van der Waals surface area (Å²) in [5.41, 5.74) is 1.21. The highest BCUT2D eigenvalue weighted by Gasteiger charge is 2.11. The molecule has 0 heterocycles. The van der Waals surface area contributed by atoms with Crippen LogP contribution in [0.15, 0.2) is 47.4 Å². The number of phenolic OH excluding ortho intramolecular Hbond substituents is 2. The maximum atomic E-state index is 11.0. The van der Waals surface area contributed by atoms with Gasteiger partial charge in [0.2, 0.25) is 0 Å². The van der Waals surface area contributed by atoms with E-state index in [1.807, 2.05) is 0 Å². The highest BCUT2D eigenvalue weighted by molar-refractivity contribution is 7.85. The summed E-state index contributed by atoms with van der Waals surface area (Å²) in [6, 6.07) is 9.97. The summed E-state index contributed by atoms with van der Waals surface area (Å²) in [4.78, 5) is -0.372. The average molecular weight is 292 g/mol. The molecular formula is C14H12O5S. The molecule has 20 heavy (non-hydrogen) atoms. The molecule has 0 radical (unpaired) electrons. The van der Waals surface area contributed by atoms with Crippen LogP contribution in [-0.4, -0.2) is 23.2 Å². The van der Waals surface area contributed by atoms with Gasteiger partial charge in [-0.05, 0) is 35.4 Å². The molecule has 2 aromatic carbocycles. The molecule has 0 spiro atoms. The van der Waals surface area contributed by atoms with Crippen molar-refractivity contribution in [3.05, 3.63) is 53.6 Å². The fourth-order valence-corrected chi connectivity index (χ4v) is 2.18. The Morgan fingerprint density at radius 1 is 0.800 bits per heavy atom. The van der Waals surface area contributed by atoms with Gasteiger partial charge in [0.15, 0.2) is 0 Å². The average Bonchev–Trinajstić information content (AvgIpc) is 2.36. The van der Waals surface area contributed by atoms with Gasteiger partial charge < -0.3 is 10.2 Å². The standard InChI is InChI=1S/C14H12O5S/c15-12-5-3-10(4-6-12)1-2-11-7-13(16)9-14(8-11)20(17,18)19/h1-9,15-16H,(H,17,18,19). The minimum Gasteiger partial charge on any atom is -0.508 e. The van der Waals surface area contributed by atoms with Crippen molar-refractivity contribution >= 4 is 22.3 Å². The Balaban J connectivity index is 2.34. The van der Waals surface area contributed by atoms with E-state index in [1.165, 1.54) is 24.3 Å². The number of benzene rings is 2. The second kappa shape index (κ2) is 5.36. The second-order valence-corrected chi connectivity index (χ2v) is 5.58. The molecule has 0 aliphatic carbocycles. The molecule has 0 aliphatic rings. The number of aromatic hydroxyl groups is 2. The van der Waals surface area contributed by atoms with E-state index >= 15 is 0 Å². The Morgan fingerprint density at radius 3 is 2.00 bits per heavy atom. The highest BCUT2D eigenvalue weighted by atomic mass is 32.2. The lowest BCUT2D eigenvalue weighted by atomic mass is 10.1. The van der Waals surface area contributed by atoms with Crippen LogP contribution in [0, 0.1) is 0 Å². The first-order valence-electron chi connectivity index (χ1n) is 5.63. The Hall–Kier alpha value is -2.31. The summed E-state index contributed by atoms with van der Waals surface area (Å²) in [5, 5.41) is 18.6.